The van der Waals surface area contributed by atoms with Crippen molar-refractivity contribution < 1.29 is 13.9 Å². The molecule has 0 radical (unpaired) electrons. The molecular weight excluding hydrogens is 331 g/mol. The Morgan fingerprint density at radius 2 is 1.81 bits per heavy atom. The molecule has 5 heteroatoms. The van der Waals surface area contributed by atoms with Gasteiger partial charge < -0.3 is 15.0 Å². The first-order valence-corrected chi connectivity index (χ1v) is 8.77. The van der Waals surface area contributed by atoms with E-state index < -0.39 is 0 Å². The maximum absolute atomic E-state index is 13.8. The summed E-state index contributed by atoms with van der Waals surface area (Å²) in [5.74, 6) is 0.746. The van der Waals surface area contributed by atoms with Crippen LogP contribution in [-0.2, 0) is 11.3 Å². The molecule has 0 fully saturated rings. The molecular formula is C21H27FN2O2. The van der Waals surface area contributed by atoms with E-state index in [0.717, 1.165) is 11.3 Å². The Morgan fingerprint density at radius 1 is 1.15 bits per heavy atom. The van der Waals surface area contributed by atoms with Gasteiger partial charge >= 0.3 is 0 Å². The van der Waals surface area contributed by atoms with Gasteiger partial charge in [-0.1, -0.05) is 44.2 Å². The number of methoxy groups -OCH3 is 1. The number of amides is 1. The Labute approximate surface area is 155 Å². The molecule has 2 aromatic rings. The van der Waals surface area contributed by atoms with Gasteiger partial charge in [0.15, 0.2) is 0 Å². The molecule has 0 aliphatic carbocycles. The molecule has 4 nitrogen and oxygen atoms in total. The molecule has 0 bridgehead atoms. The minimum atomic E-state index is -0.293. The maximum atomic E-state index is 13.8. The summed E-state index contributed by atoms with van der Waals surface area (Å²) in [5, 5.41) is 3.33. The first-order chi connectivity index (χ1) is 12.4. The third-order valence-electron chi connectivity index (χ3n) is 4.41. The van der Waals surface area contributed by atoms with Crippen molar-refractivity contribution in [2.75, 3.05) is 20.7 Å². The molecule has 0 aromatic heterocycles. The Kier molecular flexibility index (Phi) is 7.16. The summed E-state index contributed by atoms with van der Waals surface area (Å²) in [6.07, 6.45) is 0. The van der Waals surface area contributed by atoms with Gasteiger partial charge in [-0.2, -0.15) is 0 Å². The van der Waals surface area contributed by atoms with Crippen molar-refractivity contribution >= 4 is 5.91 Å². The summed E-state index contributed by atoms with van der Waals surface area (Å²) in [5.41, 5.74) is 1.62. The molecule has 1 N–H and O–H groups in total. The lowest BCUT2D eigenvalue weighted by molar-refractivity contribution is -0.129. The molecule has 1 amide bonds. The molecule has 0 saturated heterocycles. The third kappa shape index (κ3) is 5.30. The first kappa shape index (κ1) is 19.9. The van der Waals surface area contributed by atoms with Crippen LogP contribution in [-0.4, -0.2) is 31.5 Å². The van der Waals surface area contributed by atoms with E-state index in [1.54, 1.807) is 32.4 Å². The number of likely N-dealkylation sites (N-methyl/N-ethyl adjacent to an activating group) is 1. The van der Waals surface area contributed by atoms with E-state index >= 15 is 0 Å². The fourth-order valence-corrected chi connectivity index (χ4v) is 2.85. The smallest absolute Gasteiger partial charge is 0.236 e. The van der Waals surface area contributed by atoms with Crippen LogP contribution in [0.5, 0.6) is 5.75 Å². The highest BCUT2D eigenvalue weighted by molar-refractivity contribution is 5.78. The molecule has 0 spiro atoms. The van der Waals surface area contributed by atoms with Crippen LogP contribution >= 0.6 is 0 Å². The Bertz CT molecular complexity index is 716. The van der Waals surface area contributed by atoms with E-state index in [9.17, 15) is 9.18 Å². The van der Waals surface area contributed by atoms with Crippen LogP contribution in [0.3, 0.4) is 0 Å². The predicted molar refractivity (Wildman–Crippen MR) is 101 cm³/mol. The summed E-state index contributed by atoms with van der Waals surface area (Å²) in [4.78, 5) is 14.0. The van der Waals surface area contributed by atoms with Gasteiger partial charge in [-0.15, -0.1) is 0 Å². The van der Waals surface area contributed by atoms with Crippen LogP contribution in [0, 0.1) is 11.7 Å². The second kappa shape index (κ2) is 9.34. The lowest BCUT2D eigenvalue weighted by Gasteiger charge is -2.25. The van der Waals surface area contributed by atoms with Gasteiger partial charge in [0, 0.05) is 25.2 Å². The molecule has 2 aromatic carbocycles. The quantitative estimate of drug-likeness (QED) is 0.781. The van der Waals surface area contributed by atoms with Crippen LogP contribution in [0.2, 0.25) is 0 Å². The molecule has 140 valence electrons. The number of hydrogen-bond acceptors (Lipinski definition) is 3. The van der Waals surface area contributed by atoms with Crippen molar-refractivity contribution in [1.29, 1.82) is 0 Å². The topological polar surface area (TPSA) is 41.6 Å². The van der Waals surface area contributed by atoms with Gasteiger partial charge in [-0.05, 0) is 29.7 Å². The Morgan fingerprint density at radius 3 is 2.38 bits per heavy atom. The standard InChI is InChI=1S/C21H27FN2O2/c1-15(2)21(16-9-11-18(26-4)12-10-16)23-13-20(25)24(3)14-17-7-5-6-8-19(17)22/h5-12,15,21,23H,13-14H2,1-4H3. The number of hydrogen-bond donors (Lipinski definition) is 1. The summed E-state index contributed by atoms with van der Waals surface area (Å²) in [6, 6.07) is 14.4. The molecule has 1 unspecified atom stereocenters. The average molecular weight is 358 g/mol. The fourth-order valence-electron chi connectivity index (χ4n) is 2.85. The van der Waals surface area contributed by atoms with Crippen molar-refractivity contribution in [2.24, 2.45) is 5.92 Å². The zero-order valence-corrected chi connectivity index (χ0v) is 15.8. The largest absolute Gasteiger partial charge is 0.497 e. The van der Waals surface area contributed by atoms with Crippen LogP contribution in [0.15, 0.2) is 48.5 Å². The lowest BCUT2D eigenvalue weighted by Crippen LogP contribution is -2.38. The van der Waals surface area contributed by atoms with Crippen LogP contribution in [0.1, 0.15) is 31.0 Å². The van der Waals surface area contributed by atoms with Crippen molar-refractivity contribution in [1.82, 2.24) is 10.2 Å². The number of benzene rings is 2. The lowest BCUT2D eigenvalue weighted by atomic mass is 9.96. The maximum Gasteiger partial charge on any atom is 0.236 e. The minimum Gasteiger partial charge on any atom is -0.497 e. The van der Waals surface area contributed by atoms with E-state index in [1.807, 2.05) is 24.3 Å². The second-order valence-corrected chi connectivity index (χ2v) is 6.72. The van der Waals surface area contributed by atoms with Crippen molar-refractivity contribution in [3.8, 4) is 5.75 Å². The SMILES string of the molecule is COc1ccc(C(NCC(=O)N(C)Cc2ccccc2F)C(C)C)cc1. The van der Waals surface area contributed by atoms with Gasteiger partial charge in [0.25, 0.3) is 0 Å². The highest BCUT2D eigenvalue weighted by Crippen LogP contribution is 2.23. The zero-order valence-electron chi connectivity index (χ0n) is 15.8. The van der Waals surface area contributed by atoms with Crippen LogP contribution in [0.4, 0.5) is 4.39 Å². The monoisotopic (exact) mass is 358 g/mol. The number of ether oxygens (including phenoxy) is 1. The number of carbonyl (C=O) groups excluding carboxylic acids is 1. The van der Waals surface area contributed by atoms with E-state index in [4.69, 9.17) is 4.74 Å². The zero-order chi connectivity index (χ0) is 19.1. The van der Waals surface area contributed by atoms with Crippen LogP contribution in [0.25, 0.3) is 0 Å². The fraction of sp³-hybridized carbons (Fsp3) is 0.381. The molecule has 26 heavy (non-hydrogen) atoms. The minimum absolute atomic E-state index is 0.0479. The molecule has 0 aliphatic rings. The number of carbonyl (C=O) groups is 1. The molecule has 1 atom stereocenters. The van der Waals surface area contributed by atoms with Crippen LogP contribution < -0.4 is 10.1 Å². The van der Waals surface area contributed by atoms with Gasteiger partial charge in [0.1, 0.15) is 11.6 Å². The molecule has 2 rings (SSSR count). The molecule has 0 saturated carbocycles. The van der Waals surface area contributed by atoms with Gasteiger partial charge in [-0.25, -0.2) is 4.39 Å². The molecule has 0 aliphatic heterocycles. The molecule has 0 heterocycles. The Balaban J connectivity index is 1.97. The highest BCUT2D eigenvalue weighted by atomic mass is 19.1. The van der Waals surface area contributed by atoms with Gasteiger partial charge in [0.05, 0.1) is 13.7 Å². The normalized spacial score (nSPS) is 12.1. The van der Waals surface area contributed by atoms with Gasteiger partial charge in [-0.3, -0.25) is 4.79 Å². The van der Waals surface area contributed by atoms with Crippen molar-refractivity contribution in [2.45, 2.75) is 26.4 Å². The summed E-state index contributed by atoms with van der Waals surface area (Å²) in [7, 11) is 3.32. The summed E-state index contributed by atoms with van der Waals surface area (Å²) in [6.45, 7) is 4.66. The van der Waals surface area contributed by atoms with E-state index in [-0.39, 0.29) is 30.9 Å². The summed E-state index contributed by atoms with van der Waals surface area (Å²) < 4.78 is 18.9. The second-order valence-electron chi connectivity index (χ2n) is 6.72. The number of nitrogens with zero attached hydrogens (tertiary/aromatic N) is 1. The van der Waals surface area contributed by atoms with Gasteiger partial charge in [0.2, 0.25) is 5.91 Å². The first-order valence-electron chi connectivity index (χ1n) is 8.77. The number of nitrogens with one attached hydrogen (secondary N) is 1. The van der Waals surface area contributed by atoms with E-state index in [2.05, 4.69) is 19.2 Å². The average Bonchev–Trinajstić information content (AvgIpc) is 2.63. The third-order valence-corrected chi connectivity index (χ3v) is 4.41. The van der Waals surface area contributed by atoms with Crippen molar-refractivity contribution in [3.05, 3.63) is 65.5 Å². The van der Waals surface area contributed by atoms with E-state index in [1.165, 1.54) is 11.0 Å². The number of halogens is 1. The number of rotatable bonds is 8. The predicted octanol–water partition coefficient (Wildman–Crippen LogP) is 3.78. The Hall–Kier alpha value is -2.40. The van der Waals surface area contributed by atoms with Crippen molar-refractivity contribution in [3.63, 3.8) is 0 Å². The van der Waals surface area contributed by atoms with E-state index in [0.29, 0.717) is 11.5 Å². The summed E-state index contributed by atoms with van der Waals surface area (Å²) >= 11 is 0. The highest BCUT2D eigenvalue weighted by Gasteiger charge is 2.18.